The molecule has 0 fully saturated rings. The molecular weight excluding hydrogens is 352 g/mol. The van der Waals surface area contributed by atoms with Crippen molar-refractivity contribution in [2.45, 2.75) is 44.8 Å². The third-order valence-electron chi connectivity index (χ3n) is 4.91. The lowest BCUT2D eigenvalue weighted by Gasteiger charge is -2.40. The number of carbonyl (C=O) groups excluding carboxylic acids is 1. The number of hydrogen-bond acceptors (Lipinski definition) is 6. The third kappa shape index (κ3) is 3.32. The molecule has 1 aromatic heterocycles. The van der Waals surface area contributed by atoms with Gasteiger partial charge in [-0.15, -0.1) is 0 Å². The van der Waals surface area contributed by atoms with Crippen molar-refractivity contribution >= 4 is 5.97 Å². The lowest BCUT2D eigenvalue weighted by Crippen LogP contribution is -2.50. The van der Waals surface area contributed by atoms with Crippen LogP contribution in [0.4, 0.5) is 0 Å². The highest BCUT2D eigenvalue weighted by molar-refractivity contribution is 5.77. The number of carbonyl (C=O) groups is 1. The maximum absolute atomic E-state index is 12.9. The van der Waals surface area contributed by atoms with Crippen molar-refractivity contribution in [3.05, 3.63) is 45.4 Å². The summed E-state index contributed by atoms with van der Waals surface area (Å²) in [5, 5.41) is 26.3. The summed E-state index contributed by atoms with van der Waals surface area (Å²) in [6.45, 7) is 5.00. The number of H-pyrrole nitrogens is 2. The molecule has 4 N–H and O–H groups in total. The maximum Gasteiger partial charge on any atom is 0.313 e. The summed E-state index contributed by atoms with van der Waals surface area (Å²) in [5.41, 5.74) is -0.336. The molecule has 2 aromatic rings. The molecule has 3 rings (SSSR count). The van der Waals surface area contributed by atoms with E-state index < -0.39 is 23.4 Å². The van der Waals surface area contributed by atoms with E-state index in [4.69, 9.17) is 9.47 Å². The fourth-order valence-corrected chi connectivity index (χ4v) is 3.81. The van der Waals surface area contributed by atoms with Gasteiger partial charge in [0, 0.05) is 23.6 Å². The Morgan fingerprint density at radius 2 is 2.04 bits per heavy atom. The second kappa shape index (κ2) is 6.77. The van der Waals surface area contributed by atoms with Gasteiger partial charge in [0.1, 0.15) is 0 Å². The molecule has 0 aliphatic heterocycles. The molecule has 0 amide bonds. The van der Waals surface area contributed by atoms with E-state index in [-0.39, 0.29) is 29.6 Å². The molecule has 146 valence electrons. The first-order valence-corrected chi connectivity index (χ1v) is 8.75. The first-order valence-electron chi connectivity index (χ1n) is 8.75. The summed E-state index contributed by atoms with van der Waals surface area (Å²) >= 11 is 0. The highest BCUT2D eigenvalue weighted by atomic mass is 16.5. The number of aliphatic hydroxyl groups is 1. The summed E-state index contributed by atoms with van der Waals surface area (Å²) in [4.78, 5) is 25.4. The summed E-state index contributed by atoms with van der Waals surface area (Å²) in [6.07, 6.45) is -0.265. The Balaban J connectivity index is 2.22. The van der Waals surface area contributed by atoms with Crippen LogP contribution in [0.3, 0.4) is 0 Å². The number of phenols is 1. The van der Waals surface area contributed by atoms with Crippen LogP contribution in [0.25, 0.3) is 0 Å². The Labute approximate surface area is 156 Å². The number of methoxy groups -OCH3 is 1. The standard InChI is InChI=1S/C19H24N2O6/c1-9(2)27-18(24)16-14(10-5-6-12(22)13(7-10)26-4)15-11(8-19(16,3)25)20-21-17(15)23/h5-7,9,14,16,22,25H,8H2,1-4H3,(H2,20,21,23)/t14-,16+,19+/m1/s1. The molecule has 8 nitrogen and oxygen atoms in total. The van der Waals surface area contributed by atoms with E-state index in [1.807, 2.05) is 0 Å². The normalized spacial score (nSPS) is 24.5. The molecule has 0 unspecified atom stereocenters. The van der Waals surface area contributed by atoms with E-state index in [1.54, 1.807) is 32.9 Å². The van der Waals surface area contributed by atoms with Gasteiger partial charge < -0.3 is 24.8 Å². The minimum Gasteiger partial charge on any atom is -0.504 e. The van der Waals surface area contributed by atoms with Gasteiger partial charge in [0.15, 0.2) is 11.5 Å². The average molecular weight is 376 g/mol. The number of rotatable bonds is 4. The van der Waals surface area contributed by atoms with Crippen LogP contribution in [0.1, 0.15) is 43.5 Å². The summed E-state index contributed by atoms with van der Waals surface area (Å²) in [6, 6.07) is 4.60. The van der Waals surface area contributed by atoms with Crippen molar-refractivity contribution in [3.8, 4) is 11.5 Å². The van der Waals surface area contributed by atoms with Gasteiger partial charge in [0.25, 0.3) is 5.56 Å². The highest BCUT2D eigenvalue weighted by Crippen LogP contribution is 2.46. The van der Waals surface area contributed by atoms with E-state index in [0.717, 1.165) is 0 Å². The van der Waals surface area contributed by atoms with Gasteiger partial charge in [-0.1, -0.05) is 6.07 Å². The quantitative estimate of drug-likeness (QED) is 0.598. The van der Waals surface area contributed by atoms with Gasteiger partial charge in [-0.25, -0.2) is 0 Å². The minimum atomic E-state index is -1.44. The lowest BCUT2D eigenvalue weighted by molar-refractivity contribution is -0.163. The topological polar surface area (TPSA) is 125 Å². The van der Waals surface area contributed by atoms with Gasteiger partial charge in [-0.2, -0.15) is 0 Å². The zero-order chi connectivity index (χ0) is 19.9. The van der Waals surface area contributed by atoms with Gasteiger partial charge in [0.2, 0.25) is 0 Å². The molecule has 0 saturated carbocycles. The molecule has 1 aliphatic carbocycles. The number of nitrogens with one attached hydrogen (secondary N) is 2. The van der Waals surface area contributed by atoms with Crippen LogP contribution in [0.2, 0.25) is 0 Å². The van der Waals surface area contributed by atoms with Gasteiger partial charge in [0.05, 0.1) is 24.7 Å². The summed E-state index contributed by atoms with van der Waals surface area (Å²) in [7, 11) is 1.41. The number of aromatic nitrogens is 2. The van der Waals surface area contributed by atoms with E-state index in [0.29, 0.717) is 16.8 Å². The molecule has 1 aromatic carbocycles. The molecular formula is C19H24N2O6. The van der Waals surface area contributed by atoms with Crippen molar-refractivity contribution in [1.82, 2.24) is 10.2 Å². The van der Waals surface area contributed by atoms with Crippen molar-refractivity contribution in [3.63, 3.8) is 0 Å². The van der Waals surface area contributed by atoms with Crippen molar-refractivity contribution in [2.75, 3.05) is 7.11 Å². The minimum absolute atomic E-state index is 0.0617. The Morgan fingerprint density at radius 3 is 2.67 bits per heavy atom. The first kappa shape index (κ1) is 19.0. The fourth-order valence-electron chi connectivity index (χ4n) is 3.81. The zero-order valence-corrected chi connectivity index (χ0v) is 15.7. The molecule has 3 atom stereocenters. The Morgan fingerprint density at radius 1 is 1.33 bits per heavy atom. The number of fused-ring (bicyclic) bond motifs is 1. The molecule has 0 spiro atoms. The summed E-state index contributed by atoms with van der Waals surface area (Å²) < 4.78 is 10.6. The number of esters is 1. The number of benzene rings is 1. The predicted octanol–water partition coefficient (Wildman–Crippen LogP) is 1.42. The average Bonchev–Trinajstić information content (AvgIpc) is 2.92. The lowest BCUT2D eigenvalue weighted by atomic mass is 9.66. The van der Waals surface area contributed by atoms with Crippen LogP contribution in [0.5, 0.6) is 11.5 Å². The number of hydrogen-bond donors (Lipinski definition) is 4. The monoisotopic (exact) mass is 376 g/mol. The molecule has 27 heavy (non-hydrogen) atoms. The number of ether oxygens (including phenoxy) is 2. The van der Waals surface area contributed by atoms with Crippen LogP contribution in [0.15, 0.2) is 23.0 Å². The Hall–Kier alpha value is -2.74. The number of aromatic hydroxyl groups is 1. The van der Waals surface area contributed by atoms with Crippen LogP contribution in [-0.4, -0.2) is 45.2 Å². The van der Waals surface area contributed by atoms with E-state index >= 15 is 0 Å². The largest absolute Gasteiger partial charge is 0.504 e. The SMILES string of the molecule is COc1cc([C@@H]2c3c([nH][nH]c3=O)C[C@](C)(O)[C@@H]2C(=O)OC(C)C)ccc1O. The highest BCUT2D eigenvalue weighted by Gasteiger charge is 2.51. The molecule has 1 aliphatic rings. The molecule has 0 bridgehead atoms. The number of phenolic OH excluding ortho intramolecular Hbond substituents is 1. The van der Waals surface area contributed by atoms with E-state index in [1.165, 1.54) is 13.2 Å². The van der Waals surface area contributed by atoms with E-state index in [9.17, 15) is 19.8 Å². The number of aromatic amines is 2. The van der Waals surface area contributed by atoms with Crippen molar-refractivity contribution in [2.24, 2.45) is 5.92 Å². The van der Waals surface area contributed by atoms with Crippen LogP contribution >= 0.6 is 0 Å². The second-order valence-electron chi connectivity index (χ2n) is 7.38. The predicted molar refractivity (Wildman–Crippen MR) is 97.0 cm³/mol. The van der Waals surface area contributed by atoms with Crippen molar-refractivity contribution < 1.29 is 24.5 Å². The molecule has 1 heterocycles. The molecule has 0 radical (unpaired) electrons. The fraction of sp³-hybridized carbons (Fsp3) is 0.474. The van der Waals surface area contributed by atoms with Crippen LogP contribution < -0.4 is 10.3 Å². The second-order valence-corrected chi connectivity index (χ2v) is 7.38. The van der Waals surface area contributed by atoms with Crippen LogP contribution in [0, 0.1) is 5.92 Å². The Bertz CT molecular complexity index is 911. The molecule has 8 heteroatoms. The van der Waals surface area contributed by atoms with Gasteiger partial charge >= 0.3 is 5.97 Å². The zero-order valence-electron chi connectivity index (χ0n) is 15.7. The molecule has 0 saturated heterocycles. The van der Waals surface area contributed by atoms with E-state index in [2.05, 4.69) is 10.2 Å². The maximum atomic E-state index is 12.9. The first-order chi connectivity index (χ1) is 12.7. The van der Waals surface area contributed by atoms with Gasteiger partial charge in [-0.05, 0) is 38.5 Å². The smallest absolute Gasteiger partial charge is 0.313 e. The summed E-state index contributed by atoms with van der Waals surface area (Å²) in [5.74, 6) is -2.20. The Kier molecular flexibility index (Phi) is 4.77. The third-order valence-corrected chi connectivity index (χ3v) is 4.91. The van der Waals surface area contributed by atoms with Crippen molar-refractivity contribution in [1.29, 1.82) is 0 Å². The van der Waals surface area contributed by atoms with Crippen LogP contribution in [-0.2, 0) is 16.0 Å². The van der Waals surface area contributed by atoms with Gasteiger partial charge in [-0.3, -0.25) is 14.7 Å².